The summed E-state index contributed by atoms with van der Waals surface area (Å²) in [6.45, 7) is 6.49. The van der Waals surface area contributed by atoms with Gasteiger partial charge in [-0.15, -0.1) is 0 Å². The van der Waals surface area contributed by atoms with Gasteiger partial charge in [0, 0.05) is 11.3 Å². The average molecular weight is 264 g/mol. The van der Waals surface area contributed by atoms with Crippen molar-refractivity contribution in [3.05, 3.63) is 11.6 Å². The zero-order chi connectivity index (χ0) is 13.8. The first-order valence-electron chi connectivity index (χ1n) is 7.02. The molecule has 6 atom stereocenters. The first-order chi connectivity index (χ1) is 8.76. The van der Waals surface area contributed by atoms with E-state index in [0.717, 1.165) is 12.0 Å². The Morgan fingerprint density at radius 3 is 2.53 bits per heavy atom. The monoisotopic (exact) mass is 264 g/mol. The van der Waals surface area contributed by atoms with Crippen molar-refractivity contribution in [2.24, 2.45) is 22.7 Å². The summed E-state index contributed by atoms with van der Waals surface area (Å²) in [6.07, 6.45) is 1.25. The second-order valence-corrected chi connectivity index (χ2v) is 7.55. The van der Waals surface area contributed by atoms with Crippen LogP contribution in [0, 0.1) is 22.7 Å². The summed E-state index contributed by atoms with van der Waals surface area (Å²) in [7, 11) is 0. The van der Waals surface area contributed by atoms with Gasteiger partial charge in [-0.05, 0) is 29.4 Å². The summed E-state index contributed by atoms with van der Waals surface area (Å²) in [4.78, 5) is 12.2. The van der Waals surface area contributed by atoms with Crippen molar-refractivity contribution < 1.29 is 19.7 Å². The van der Waals surface area contributed by atoms with Crippen LogP contribution >= 0.6 is 0 Å². The van der Waals surface area contributed by atoms with Crippen molar-refractivity contribution in [3.63, 3.8) is 0 Å². The van der Waals surface area contributed by atoms with Crippen LogP contribution < -0.4 is 0 Å². The molecule has 0 aromatic heterocycles. The van der Waals surface area contributed by atoms with Crippen LogP contribution in [0.3, 0.4) is 0 Å². The van der Waals surface area contributed by atoms with Crippen LogP contribution in [0.2, 0.25) is 0 Å². The van der Waals surface area contributed by atoms with E-state index in [-0.39, 0.29) is 23.0 Å². The minimum atomic E-state index is -0.788. The molecule has 1 saturated heterocycles. The van der Waals surface area contributed by atoms with Gasteiger partial charge in [-0.25, -0.2) is 0 Å². The summed E-state index contributed by atoms with van der Waals surface area (Å²) in [5.74, 6) is -0.0764. The molecule has 4 nitrogen and oxygen atoms in total. The second kappa shape index (κ2) is 2.97. The number of ether oxygens (including phenoxy) is 1. The fraction of sp³-hybridized carbons (Fsp3) is 0.800. The molecule has 0 radical (unpaired) electrons. The largest absolute Gasteiger partial charge is 0.392 e. The molecule has 0 aromatic carbocycles. The maximum absolute atomic E-state index is 12.2. The Bertz CT molecular complexity index is 516. The topological polar surface area (TPSA) is 70.1 Å². The third-order valence-electron chi connectivity index (χ3n) is 6.31. The first-order valence-corrected chi connectivity index (χ1v) is 7.02. The predicted octanol–water partition coefficient (Wildman–Crippen LogP) is 0.668. The Morgan fingerprint density at radius 1 is 1.32 bits per heavy atom. The molecule has 2 saturated carbocycles. The molecular formula is C15H20O4. The van der Waals surface area contributed by atoms with E-state index >= 15 is 0 Å². The fourth-order valence-electron chi connectivity index (χ4n) is 5.12. The molecule has 4 heteroatoms. The molecule has 2 N–H and O–H groups in total. The van der Waals surface area contributed by atoms with Gasteiger partial charge in [0.25, 0.3) is 0 Å². The molecule has 104 valence electrons. The lowest BCUT2D eigenvalue weighted by molar-refractivity contribution is -0.123. The van der Waals surface area contributed by atoms with Crippen LogP contribution in [-0.4, -0.2) is 40.4 Å². The predicted molar refractivity (Wildman–Crippen MR) is 67.3 cm³/mol. The molecule has 1 spiro atoms. The number of fused-ring (bicyclic) bond motifs is 4. The number of hydrogen-bond acceptors (Lipinski definition) is 4. The van der Waals surface area contributed by atoms with Crippen LogP contribution in [0.15, 0.2) is 11.6 Å². The molecule has 3 aliphatic carbocycles. The van der Waals surface area contributed by atoms with Crippen LogP contribution in [-0.2, 0) is 9.53 Å². The van der Waals surface area contributed by atoms with Crippen LogP contribution in [0.1, 0.15) is 27.2 Å². The van der Waals surface area contributed by atoms with Crippen LogP contribution in [0.4, 0.5) is 0 Å². The number of hydrogen-bond donors (Lipinski definition) is 2. The van der Waals surface area contributed by atoms with E-state index in [4.69, 9.17) is 4.74 Å². The zero-order valence-electron chi connectivity index (χ0n) is 11.5. The van der Waals surface area contributed by atoms with Crippen molar-refractivity contribution in [2.45, 2.75) is 45.0 Å². The maximum atomic E-state index is 12.2. The number of aliphatic hydroxyl groups excluding tert-OH is 2. The normalized spacial score (nSPS) is 57.3. The van der Waals surface area contributed by atoms with E-state index in [2.05, 4.69) is 0 Å². The van der Waals surface area contributed by atoms with Gasteiger partial charge < -0.3 is 14.9 Å². The highest BCUT2D eigenvalue weighted by molar-refractivity contribution is 6.04. The summed E-state index contributed by atoms with van der Waals surface area (Å²) < 4.78 is 5.54. The van der Waals surface area contributed by atoms with Crippen molar-refractivity contribution in [2.75, 3.05) is 6.61 Å². The van der Waals surface area contributed by atoms with E-state index in [0.29, 0.717) is 6.61 Å². The lowest BCUT2D eigenvalue weighted by Crippen LogP contribution is -2.46. The lowest BCUT2D eigenvalue weighted by Gasteiger charge is -2.37. The number of epoxide rings is 1. The summed E-state index contributed by atoms with van der Waals surface area (Å²) >= 11 is 0. The molecule has 0 unspecified atom stereocenters. The smallest absolute Gasteiger partial charge is 0.190 e. The third-order valence-corrected chi connectivity index (χ3v) is 6.31. The average Bonchev–Trinajstić information content (AvgIpc) is 3.02. The Hall–Kier alpha value is -0.710. The quantitative estimate of drug-likeness (QED) is 0.631. The number of carbonyl (C=O) groups is 1. The lowest BCUT2D eigenvalue weighted by atomic mass is 9.66. The van der Waals surface area contributed by atoms with Crippen molar-refractivity contribution in [1.29, 1.82) is 0 Å². The van der Waals surface area contributed by atoms with E-state index in [1.54, 1.807) is 6.08 Å². The Labute approximate surface area is 112 Å². The van der Waals surface area contributed by atoms with Crippen molar-refractivity contribution in [3.8, 4) is 0 Å². The molecule has 0 amide bonds. The van der Waals surface area contributed by atoms with E-state index < -0.39 is 23.2 Å². The Morgan fingerprint density at radius 2 is 1.95 bits per heavy atom. The minimum absolute atomic E-state index is 0.0283. The first kappa shape index (κ1) is 12.1. The van der Waals surface area contributed by atoms with E-state index in [1.807, 2.05) is 20.8 Å². The number of ketones is 1. The van der Waals surface area contributed by atoms with Gasteiger partial charge in [0.05, 0.1) is 18.8 Å². The molecule has 4 rings (SSSR count). The number of rotatable bonds is 0. The molecule has 3 fully saturated rings. The minimum Gasteiger partial charge on any atom is -0.392 e. The van der Waals surface area contributed by atoms with Crippen molar-refractivity contribution in [1.82, 2.24) is 0 Å². The SMILES string of the molecule is CC1(C)C[C@H]2[C@@H]([C@H]1O)[C@@]1(C)C(=CC(=O)[C@]13CO3)[C@H]2O. The number of carbonyl (C=O) groups excluding carboxylic acids is 1. The Balaban J connectivity index is 1.89. The number of aliphatic hydroxyl groups is 2. The molecule has 0 bridgehead atoms. The van der Waals surface area contributed by atoms with Gasteiger partial charge >= 0.3 is 0 Å². The second-order valence-electron chi connectivity index (χ2n) is 7.55. The van der Waals surface area contributed by atoms with Gasteiger partial charge in [-0.2, -0.15) is 0 Å². The molecule has 1 aliphatic heterocycles. The van der Waals surface area contributed by atoms with Gasteiger partial charge in [-0.3, -0.25) is 4.79 Å². The molecule has 0 aromatic rings. The van der Waals surface area contributed by atoms with E-state index in [9.17, 15) is 15.0 Å². The highest BCUT2D eigenvalue weighted by Crippen LogP contribution is 2.70. The van der Waals surface area contributed by atoms with Crippen LogP contribution in [0.25, 0.3) is 0 Å². The van der Waals surface area contributed by atoms with Gasteiger partial charge in [0.1, 0.15) is 0 Å². The van der Waals surface area contributed by atoms with E-state index in [1.165, 1.54) is 0 Å². The van der Waals surface area contributed by atoms with Crippen LogP contribution in [0.5, 0.6) is 0 Å². The third kappa shape index (κ3) is 1.04. The maximum Gasteiger partial charge on any atom is 0.190 e. The zero-order valence-corrected chi connectivity index (χ0v) is 11.5. The van der Waals surface area contributed by atoms with Crippen molar-refractivity contribution >= 4 is 5.78 Å². The van der Waals surface area contributed by atoms with Gasteiger partial charge in [0.15, 0.2) is 11.4 Å². The molecular weight excluding hydrogens is 244 g/mol. The highest BCUT2D eigenvalue weighted by Gasteiger charge is 2.78. The standard InChI is InChI=1S/C15H20O4/c1-13(2)5-7-10(12(13)18)14(3)8(11(7)17)4-9(16)15(14)6-19-15/h4,7,10-12,17-18H,5-6H2,1-3H3/t7-,10-,11-,12+,14+,15+/m0/s1. The summed E-state index contributed by atoms with van der Waals surface area (Å²) in [5.41, 5.74) is -0.738. The molecule has 4 aliphatic rings. The van der Waals surface area contributed by atoms with Gasteiger partial charge in [-0.1, -0.05) is 20.8 Å². The molecule has 1 heterocycles. The van der Waals surface area contributed by atoms with Gasteiger partial charge in [0.2, 0.25) is 0 Å². The summed E-state index contributed by atoms with van der Waals surface area (Å²) in [6, 6.07) is 0. The fourth-order valence-corrected chi connectivity index (χ4v) is 5.12. The Kier molecular flexibility index (Phi) is 1.89. The molecule has 19 heavy (non-hydrogen) atoms. The highest BCUT2D eigenvalue weighted by atomic mass is 16.6. The summed E-state index contributed by atoms with van der Waals surface area (Å²) in [5, 5.41) is 21.3.